The molecule has 100 valence electrons. The standard InChI is InChI=1S/C13H20ClN3O/c1-18-8-7-17-6-2-3-12(10-17)16-13-5-4-11(14)9-15-13/h4-5,9,12H,2-3,6-8,10H2,1H3,(H,15,16)/t12-/m0/s1. The molecule has 0 unspecified atom stereocenters. The van der Waals surface area contributed by atoms with Crippen LogP contribution in [-0.2, 0) is 4.74 Å². The van der Waals surface area contributed by atoms with Gasteiger partial charge in [-0.3, -0.25) is 4.90 Å². The molecule has 2 rings (SSSR count). The minimum atomic E-state index is 0.462. The molecule has 0 amide bonds. The van der Waals surface area contributed by atoms with E-state index in [9.17, 15) is 0 Å². The highest BCUT2D eigenvalue weighted by Gasteiger charge is 2.19. The summed E-state index contributed by atoms with van der Waals surface area (Å²) in [5.41, 5.74) is 0. The molecular weight excluding hydrogens is 250 g/mol. The van der Waals surface area contributed by atoms with Crippen molar-refractivity contribution in [1.29, 1.82) is 0 Å². The van der Waals surface area contributed by atoms with Crippen molar-refractivity contribution >= 4 is 17.4 Å². The first kappa shape index (κ1) is 13.6. The van der Waals surface area contributed by atoms with E-state index in [-0.39, 0.29) is 0 Å². The Morgan fingerprint density at radius 2 is 2.44 bits per heavy atom. The Hall–Kier alpha value is -0.840. The van der Waals surface area contributed by atoms with Gasteiger partial charge in [0.15, 0.2) is 0 Å². The van der Waals surface area contributed by atoms with Gasteiger partial charge in [0.05, 0.1) is 11.6 Å². The number of anilines is 1. The maximum Gasteiger partial charge on any atom is 0.126 e. The lowest BCUT2D eigenvalue weighted by molar-refractivity contribution is 0.131. The second-order valence-electron chi connectivity index (χ2n) is 4.64. The second kappa shape index (κ2) is 6.92. The average Bonchev–Trinajstić information content (AvgIpc) is 2.40. The van der Waals surface area contributed by atoms with E-state index in [0.29, 0.717) is 11.1 Å². The third-order valence-corrected chi connectivity index (χ3v) is 3.42. The van der Waals surface area contributed by atoms with E-state index in [0.717, 1.165) is 32.1 Å². The molecule has 18 heavy (non-hydrogen) atoms. The number of halogens is 1. The molecule has 5 heteroatoms. The van der Waals surface area contributed by atoms with E-state index in [4.69, 9.17) is 16.3 Å². The molecule has 2 heterocycles. The zero-order valence-electron chi connectivity index (χ0n) is 10.7. The molecule has 0 aromatic carbocycles. The summed E-state index contributed by atoms with van der Waals surface area (Å²) in [4.78, 5) is 6.70. The summed E-state index contributed by atoms with van der Waals surface area (Å²) in [6.45, 7) is 4.01. The summed E-state index contributed by atoms with van der Waals surface area (Å²) in [6.07, 6.45) is 4.08. The summed E-state index contributed by atoms with van der Waals surface area (Å²) in [5.74, 6) is 0.901. The summed E-state index contributed by atoms with van der Waals surface area (Å²) in [7, 11) is 1.75. The van der Waals surface area contributed by atoms with Crippen LogP contribution in [0.25, 0.3) is 0 Å². The fraction of sp³-hybridized carbons (Fsp3) is 0.615. The Labute approximate surface area is 113 Å². The minimum absolute atomic E-state index is 0.462. The van der Waals surface area contributed by atoms with Crippen molar-refractivity contribution in [3.05, 3.63) is 23.4 Å². The predicted octanol–water partition coefficient (Wildman–Crippen LogP) is 2.26. The van der Waals surface area contributed by atoms with Crippen molar-refractivity contribution in [2.75, 3.05) is 38.7 Å². The first-order valence-electron chi connectivity index (χ1n) is 6.37. The van der Waals surface area contributed by atoms with Crippen LogP contribution < -0.4 is 5.32 Å². The molecule has 1 aliphatic heterocycles. The van der Waals surface area contributed by atoms with Crippen molar-refractivity contribution < 1.29 is 4.74 Å². The van der Waals surface area contributed by atoms with E-state index in [1.54, 1.807) is 13.3 Å². The lowest BCUT2D eigenvalue weighted by Gasteiger charge is -2.33. The smallest absolute Gasteiger partial charge is 0.126 e. The molecule has 1 aromatic rings. The Morgan fingerprint density at radius 3 is 3.17 bits per heavy atom. The molecule has 1 aromatic heterocycles. The molecule has 1 aliphatic rings. The number of hydrogen-bond acceptors (Lipinski definition) is 4. The van der Waals surface area contributed by atoms with E-state index < -0.39 is 0 Å². The molecular formula is C13H20ClN3O. The lowest BCUT2D eigenvalue weighted by atomic mass is 10.1. The minimum Gasteiger partial charge on any atom is -0.383 e. The Morgan fingerprint density at radius 1 is 1.56 bits per heavy atom. The number of methoxy groups -OCH3 is 1. The Kier molecular flexibility index (Phi) is 5.23. The van der Waals surface area contributed by atoms with Crippen LogP contribution in [0.15, 0.2) is 18.3 Å². The van der Waals surface area contributed by atoms with Crippen LogP contribution in [0.2, 0.25) is 5.02 Å². The van der Waals surface area contributed by atoms with E-state index in [1.165, 1.54) is 12.8 Å². The fourth-order valence-corrected chi connectivity index (χ4v) is 2.38. The van der Waals surface area contributed by atoms with E-state index >= 15 is 0 Å². The monoisotopic (exact) mass is 269 g/mol. The van der Waals surface area contributed by atoms with Crippen molar-refractivity contribution in [2.45, 2.75) is 18.9 Å². The first-order chi connectivity index (χ1) is 8.78. The SMILES string of the molecule is COCCN1CCC[C@H](Nc2ccc(Cl)cn2)C1. The number of likely N-dealkylation sites (tertiary alicyclic amines) is 1. The van der Waals surface area contributed by atoms with Crippen LogP contribution >= 0.6 is 11.6 Å². The topological polar surface area (TPSA) is 37.4 Å². The molecule has 4 nitrogen and oxygen atoms in total. The highest BCUT2D eigenvalue weighted by atomic mass is 35.5. The number of rotatable bonds is 5. The molecule has 1 saturated heterocycles. The number of pyridine rings is 1. The summed E-state index contributed by atoms with van der Waals surface area (Å²) in [6, 6.07) is 4.25. The fourth-order valence-electron chi connectivity index (χ4n) is 2.27. The van der Waals surface area contributed by atoms with Gasteiger partial charge in [0, 0.05) is 32.4 Å². The maximum atomic E-state index is 5.82. The zero-order chi connectivity index (χ0) is 12.8. The third-order valence-electron chi connectivity index (χ3n) is 3.20. The molecule has 0 aliphatic carbocycles. The van der Waals surface area contributed by atoms with Crippen molar-refractivity contribution in [1.82, 2.24) is 9.88 Å². The summed E-state index contributed by atoms with van der Waals surface area (Å²) < 4.78 is 5.12. The van der Waals surface area contributed by atoms with Crippen molar-refractivity contribution in [2.24, 2.45) is 0 Å². The third kappa shape index (κ3) is 4.12. The van der Waals surface area contributed by atoms with Gasteiger partial charge in [0.1, 0.15) is 5.82 Å². The van der Waals surface area contributed by atoms with Crippen LogP contribution in [0.4, 0.5) is 5.82 Å². The van der Waals surface area contributed by atoms with Gasteiger partial charge < -0.3 is 10.1 Å². The number of aromatic nitrogens is 1. The normalized spacial score (nSPS) is 20.9. The molecule has 0 spiro atoms. The predicted molar refractivity (Wildman–Crippen MR) is 74.2 cm³/mol. The molecule has 1 atom stereocenters. The molecule has 1 fully saturated rings. The van der Waals surface area contributed by atoms with Gasteiger partial charge in [-0.1, -0.05) is 11.6 Å². The first-order valence-corrected chi connectivity index (χ1v) is 6.75. The van der Waals surface area contributed by atoms with E-state index in [2.05, 4.69) is 15.2 Å². The highest BCUT2D eigenvalue weighted by Crippen LogP contribution is 2.16. The second-order valence-corrected chi connectivity index (χ2v) is 5.07. The zero-order valence-corrected chi connectivity index (χ0v) is 11.5. The van der Waals surface area contributed by atoms with Gasteiger partial charge in [-0.2, -0.15) is 0 Å². The molecule has 0 saturated carbocycles. The van der Waals surface area contributed by atoms with Crippen molar-refractivity contribution in [3.8, 4) is 0 Å². The van der Waals surface area contributed by atoms with Gasteiger partial charge in [0.25, 0.3) is 0 Å². The number of nitrogens with zero attached hydrogens (tertiary/aromatic N) is 2. The van der Waals surface area contributed by atoms with Crippen LogP contribution in [-0.4, -0.2) is 49.3 Å². The van der Waals surface area contributed by atoms with Crippen LogP contribution in [0.1, 0.15) is 12.8 Å². The van der Waals surface area contributed by atoms with Gasteiger partial charge in [0.2, 0.25) is 0 Å². The van der Waals surface area contributed by atoms with Gasteiger partial charge >= 0.3 is 0 Å². The van der Waals surface area contributed by atoms with Gasteiger partial charge in [-0.15, -0.1) is 0 Å². The largest absolute Gasteiger partial charge is 0.383 e. The number of piperidine rings is 1. The maximum absolute atomic E-state index is 5.82. The molecule has 0 bridgehead atoms. The lowest BCUT2D eigenvalue weighted by Crippen LogP contribution is -2.43. The molecule has 1 N–H and O–H groups in total. The number of nitrogens with one attached hydrogen (secondary N) is 1. The summed E-state index contributed by atoms with van der Waals surface area (Å²) in [5, 5.41) is 4.13. The number of ether oxygens (including phenoxy) is 1. The summed E-state index contributed by atoms with van der Waals surface area (Å²) >= 11 is 5.82. The quantitative estimate of drug-likeness (QED) is 0.890. The van der Waals surface area contributed by atoms with Crippen LogP contribution in [0.5, 0.6) is 0 Å². The van der Waals surface area contributed by atoms with Gasteiger partial charge in [-0.05, 0) is 31.5 Å². The van der Waals surface area contributed by atoms with E-state index in [1.807, 2.05) is 12.1 Å². The molecule has 0 radical (unpaired) electrons. The Balaban J connectivity index is 1.83. The number of hydrogen-bond donors (Lipinski definition) is 1. The van der Waals surface area contributed by atoms with Crippen LogP contribution in [0, 0.1) is 0 Å². The highest BCUT2D eigenvalue weighted by molar-refractivity contribution is 6.30. The van der Waals surface area contributed by atoms with Crippen molar-refractivity contribution in [3.63, 3.8) is 0 Å². The average molecular weight is 270 g/mol. The van der Waals surface area contributed by atoms with Gasteiger partial charge in [-0.25, -0.2) is 4.98 Å². The van der Waals surface area contributed by atoms with Crippen LogP contribution in [0.3, 0.4) is 0 Å². The Bertz CT molecular complexity index is 358.